The molecule has 0 bridgehead atoms. The molecule has 1 atom stereocenters. The molecule has 0 saturated carbocycles. The number of para-hydroxylation sites is 2. The summed E-state index contributed by atoms with van der Waals surface area (Å²) < 4.78 is 2.05. The second kappa shape index (κ2) is 12.0. The summed E-state index contributed by atoms with van der Waals surface area (Å²) in [6.07, 6.45) is 8.17. The minimum Gasteiger partial charge on any atom is -0.390 e. The van der Waals surface area contributed by atoms with E-state index in [0.29, 0.717) is 19.0 Å². The average molecular weight is 481 g/mol. The molecule has 0 aliphatic carbocycles. The van der Waals surface area contributed by atoms with Crippen LogP contribution in [0.1, 0.15) is 29.9 Å². The molecule has 0 radical (unpaired) electrons. The van der Waals surface area contributed by atoms with E-state index in [9.17, 15) is 5.11 Å². The Labute approximate surface area is 214 Å². The lowest BCUT2D eigenvalue weighted by Crippen LogP contribution is -2.47. The molecule has 186 valence electrons. The van der Waals surface area contributed by atoms with Gasteiger partial charge >= 0.3 is 0 Å². The van der Waals surface area contributed by atoms with Gasteiger partial charge in [0.1, 0.15) is 0 Å². The van der Waals surface area contributed by atoms with E-state index in [0.717, 1.165) is 50.1 Å². The van der Waals surface area contributed by atoms with E-state index in [1.165, 1.54) is 11.1 Å². The molecule has 2 heterocycles. The first-order valence-electron chi connectivity index (χ1n) is 13.1. The lowest BCUT2D eigenvalue weighted by molar-refractivity contribution is 0.0758. The number of nitrogens with zero attached hydrogens (tertiary/aromatic N) is 4. The van der Waals surface area contributed by atoms with Gasteiger partial charge in [-0.3, -0.25) is 4.90 Å². The first kappa shape index (κ1) is 24.3. The average Bonchev–Trinajstić information content (AvgIpc) is 3.33. The topological polar surface area (TPSA) is 44.5 Å². The van der Waals surface area contributed by atoms with Gasteiger partial charge in [-0.25, -0.2) is 4.98 Å². The van der Waals surface area contributed by atoms with E-state index in [1.807, 2.05) is 24.5 Å². The van der Waals surface area contributed by atoms with Crippen LogP contribution >= 0.6 is 0 Å². The van der Waals surface area contributed by atoms with Crippen LogP contribution in [0.5, 0.6) is 0 Å². The molecule has 1 unspecified atom stereocenters. The Kier molecular flexibility index (Phi) is 8.11. The van der Waals surface area contributed by atoms with Crippen LogP contribution in [-0.2, 0) is 6.54 Å². The molecule has 1 saturated heterocycles. The molecule has 1 aromatic heterocycles. The summed E-state index contributed by atoms with van der Waals surface area (Å²) in [5.41, 5.74) is 4.82. The highest BCUT2D eigenvalue weighted by Gasteiger charge is 2.18. The molecule has 1 aliphatic heterocycles. The summed E-state index contributed by atoms with van der Waals surface area (Å²) in [6, 6.07) is 29.8. The number of benzene rings is 3. The Bertz CT molecular complexity index is 1190. The summed E-state index contributed by atoms with van der Waals surface area (Å²) in [5.74, 6) is 0.419. The fraction of sp³-hybridized carbons (Fsp3) is 0.323. The maximum absolute atomic E-state index is 10.7. The fourth-order valence-electron chi connectivity index (χ4n) is 5.22. The second-order valence-corrected chi connectivity index (χ2v) is 9.71. The van der Waals surface area contributed by atoms with Crippen molar-refractivity contribution in [1.29, 1.82) is 0 Å². The van der Waals surface area contributed by atoms with Crippen LogP contribution < -0.4 is 0 Å². The normalized spacial score (nSPS) is 15.8. The minimum atomic E-state index is -0.405. The Hall–Kier alpha value is -3.41. The van der Waals surface area contributed by atoms with Crippen LogP contribution in [0.2, 0.25) is 0 Å². The third-order valence-electron chi connectivity index (χ3n) is 7.15. The number of hydrogen-bond donors (Lipinski definition) is 1. The second-order valence-electron chi connectivity index (χ2n) is 9.71. The van der Waals surface area contributed by atoms with Gasteiger partial charge in [0.05, 0.1) is 30.0 Å². The molecule has 3 aromatic carbocycles. The van der Waals surface area contributed by atoms with Crippen molar-refractivity contribution in [3.05, 3.63) is 115 Å². The van der Waals surface area contributed by atoms with Crippen molar-refractivity contribution in [3.63, 3.8) is 0 Å². The van der Waals surface area contributed by atoms with E-state index >= 15 is 0 Å². The highest BCUT2D eigenvalue weighted by atomic mass is 16.3. The summed E-state index contributed by atoms with van der Waals surface area (Å²) in [7, 11) is 0. The number of rotatable bonds is 10. The Morgan fingerprint density at radius 1 is 0.778 bits per heavy atom. The zero-order valence-electron chi connectivity index (χ0n) is 20.9. The van der Waals surface area contributed by atoms with E-state index in [-0.39, 0.29) is 0 Å². The molecule has 1 aliphatic rings. The summed E-state index contributed by atoms with van der Waals surface area (Å²) in [4.78, 5) is 9.21. The number of aromatic nitrogens is 2. The van der Waals surface area contributed by atoms with Gasteiger partial charge in [-0.15, -0.1) is 0 Å². The van der Waals surface area contributed by atoms with E-state index in [1.54, 1.807) is 0 Å². The third-order valence-corrected chi connectivity index (χ3v) is 7.15. The first-order valence-corrected chi connectivity index (χ1v) is 13.1. The van der Waals surface area contributed by atoms with E-state index in [2.05, 4.69) is 98.4 Å². The molecule has 36 heavy (non-hydrogen) atoms. The standard InChI is InChI=1S/C31H36N4O/c36-28(24-35-25-32-30-16-7-8-17-31(30)35)23-34-21-19-33(20-22-34)18-10-9-15-29(26-11-3-1-4-12-26)27-13-5-2-6-14-27/h1-8,10-14,16-18,25,28-29,36H,9,15,19-24H2. The largest absolute Gasteiger partial charge is 0.390 e. The maximum atomic E-state index is 10.7. The van der Waals surface area contributed by atoms with Crippen LogP contribution in [0.25, 0.3) is 11.0 Å². The van der Waals surface area contributed by atoms with Crippen molar-refractivity contribution in [3.8, 4) is 0 Å². The zero-order valence-corrected chi connectivity index (χ0v) is 20.9. The van der Waals surface area contributed by atoms with Crippen molar-refractivity contribution in [1.82, 2.24) is 19.4 Å². The Balaban J connectivity index is 1.07. The molecule has 5 nitrogen and oxygen atoms in total. The molecule has 5 rings (SSSR count). The van der Waals surface area contributed by atoms with Crippen molar-refractivity contribution < 1.29 is 5.11 Å². The van der Waals surface area contributed by atoms with Gasteiger partial charge in [0.25, 0.3) is 0 Å². The molecule has 0 amide bonds. The monoisotopic (exact) mass is 480 g/mol. The number of hydrogen-bond acceptors (Lipinski definition) is 4. The van der Waals surface area contributed by atoms with Crippen LogP contribution in [0, 0.1) is 0 Å². The molecule has 4 aromatic rings. The summed E-state index contributed by atoms with van der Waals surface area (Å²) in [5, 5.41) is 10.7. The first-order chi connectivity index (χ1) is 17.8. The number of imidazole rings is 1. The quantitative estimate of drug-likeness (QED) is 0.341. The summed E-state index contributed by atoms with van der Waals surface area (Å²) in [6.45, 7) is 5.21. The molecule has 5 heteroatoms. The highest BCUT2D eigenvalue weighted by molar-refractivity contribution is 5.74. The van der Waals surface area contributed by atoms with Gasteiger partial charge < -0.3 is 14.6 Å². The van der Waals surface area contributed by atoms with E-state index < -0.39 is 6.10 Å². The SMILES string of the molecule is OC(CN1CCN(C=CCCC(c2ccccc2)c2ccccc2)CC1)Cn1cnc2ccccc21. The van der Waals surface area contributed by atoms with Gasteiger partial charge in [0.15, 0.2) is 0 Å². The maximum Gasteiger partial charge on any atom is 0.0959 e. The Morgan fingerprint density at radius 3 is 2.11 bits per heavy atom. The zero-order chi connectivity index (χ0) is 24.6. The van der Waals surface area contributed by atoms with Crippen LogP contribution in [0.15, 0.2) is 104 Å². The molecular formula is C31H36N4O. The van der Waals surface area contributed by atoms with Crippen molar-refractivity contribution in [2.45, 2.75) is 31.4 Å². The minimum absolute atomic E-state index is 0.405. The lowest BCUT2D eigenvalue weighted by Gasteiger charge is -2.35. The number of allylic oxidation sites excluding steroid dienone is 1. The Morgan fingerprint density at radius 2 is 1.42 bits per heavy atom. The number of β-amino-alcohol motifs (C(OH)–C–C–N with tert-alkyl or cyclic N) is 1. The number of fused-ring (bicyclic) bond motifs is 1. The van der Waals surface area contributed by atoms with Crippen molar-refractivity contribution >= 4 is 11.0 Å². The van der Waals surface area contributed by atoms with Gasteiger partial charge in [-0.1, -0.05) is 78.9 Å². The molecule has 0 spiro atoms. The van der Waals surface area contributed by atoms with Gasteiger partial charge in [0.2, 0.25) is 0 Å². The van der Waals surface area contributed by atoms with Gasteiger partial charge in [-0.2, -0.15) is 0 Å². The van der Waals surface area contributed by atoms with E-state index in [4.69, 9.17) is 0 Å². The number of piperazine rings is 1. The number of aliphatic hydroxyl groups excluding tert-OH is 1. The lowest BCUT2D eigenvalue weighted by atomic mass is 9.87. The fourth-order valence-corrected chi connectivity index (χ4v) is 5.22. The third kappa shape index (κ3) is 6.23. The highest BCUT2D eigenvalue weighted by Crippen LogP contribution is 2.29. The van der Waals surface area contributed by atoms with Crippen molar-refractivity contribution in [2.24, 2.45) is 0 Å². The van der Waals surface area contributed by atoms with Gasteiger partial charge in [0, 0.05) is 38.6 Å². The smallest absolute Gasteiger partial charge is 0.0959 e. The van der Waals surface area contributed by atoms with Crippen molar-refractivity contribution in [2.75, 3.05) is 32.7 Å². The predicted octanol–water partition coefficient (Wildman–Crippen LogP) is 5.14. The number of aliphatic hydroxyl groups is 1. The molecular weight excluding hydrogens is 444 g/mol. The molecule has 1 fully saturated rings. The predicted molar refractivity (Wildman–Crippen MR) is 147 cm³/mol. The van der Waals surface area contributed by atoms with Gasteiger partial charge in [-0.05, 0) is 42.3 Å². The summed E-state index contributed by atoms with van der Waals surface area (Å²) >= 11 is 0. The molecule has 1 N–H and O–H groups in total. The van der Waals surface area contributed by atoms with Crippen LogP contribution in [0.3, 0.4) is 0 Å². The van der Waals surface area contributed by atoms with Crippen LogP contribution in [0.4, 0.5) is 0 Å². The van der Waals surface area contributed by atoms with Crippen LogP contribution in [-0.4, -0.2) is 63.3 Å².